The Labute approximate surface area is 170 Å². The number of amides is 2. The molecular formula is C22H17F3N2O3. The first-order valence-corrected chi connectivity index (χ1v) is 9.24. The fourth-order valence-corrected chi connectivity index (χ4v) is 3.38. The van der Waals surface area contributed by atoms with Crippen LogP contribution in [0.2, 0.25) is 0 Å². The standard InChI is InChI=1S/C22H17F3N2O3/c23-22(24,25)17-6-3-15(4-7-17)20(28)26-18-8-5-14-9-10-27(13-16(14)12-18)21(29)19-2-1-11-30-19/h1-8,11-12H,9-10,13H2,(H,26,28). The van der Waals surface area contributed by atoms with E-state index in [1.165, 1.54) is 6.26 Å². The summed E-state index contributed by atoms with van der Waals surface area (Å²) >= 11 is 0. The number of furan rings is 1. The predicted octanol–water partition coefficient (Wildman–Crippen LogP) is 4.75. The molecular weight excluding hydrogens is 397 g/mol. The highest BCUT2D eigenvalue weighted by Crippen LogP contribution is 2.29. The Morgan fingerprint density at radius 3 is 2.43 bits per heavy atom. The maximum absolute atomic E-state index is 12.7. The summed E-state index contributed by atoms with van der Waals surface area (Å²) in [4.78, 5) is 26.6. The monoisotopic (exact) mass is 414 g/mol. The Morgan fingerprint density at radius 2 is 1.77 bits per heavy atom. The quantitative estimate of drug-likeness (QED) is 0.673. The van der Waals surface area contributed by atoms with Crippen LogP contribution in [0.4, 0.5) is 18.9 Å². The summed E-state index contributed by atoms with van der Waals surface area (Å²) < 4.78 is 43.2. The Kier molecular flexibility index (Phi) is 5.07. The van der Waals surface area contributed by atoms with Gasteiger partial charge in [-0.25, -0.2) is 0 Å². The van der Waals surface area contributed by atoms with E-state index in [0.29, 0.717) is 25.2 Å². The van der Waals surface area contributed by atoms with Gasteiger partial charge in [-0.15, -0.1) is 0 Å². The highest BCUT2D eigenvalue weighted by Gasteiger charge is 2.30. The molecule has 1 aliphatic rings. The Hall–Kier alpha value is -3.55. The van der Waals surface area contributed by atoms with Crippen molar-refractivity contribution in [1.29, 1.82) is 0 Å². The first kappa shape index (κ1) is 19.8. The summed E-state index contributed by atoms with van der Waals surface area (Å²) in [6, 6.07) is 12.7. The molecule has 2 amide bonds. The van der Waals surface area contributed by atoms with E-state index in [9.17, 15) is 22.8 Å². The summed E-state index contributed by atoms with van der Waals surface area (Å²) in [6.45, 7) is 0.933. The average Bonchev–Trinajstić information content (AvgIpc) is 3.27. The molecule has 2 heterocycles. The summed E-state index contributed by atoms with van der Waals surface area (Å²) in [5.74, 6) is -0.446. The van der Waals surface area contributed by atoms with E-state index in [-0.39, 0.29) is 17.2 Å². The van der Waals surface area contributed by atoms with E-state index in [4.69, 9.17) is 4.42 Å². The molecule has 0 aliphatic carbocycles. The van der Waals surface area contributed by atoms with Gasteiger partial charge in [0, 0.05) is 24.3 Å². The molecule has 4 rings (SSSR count). The van der Waals surface area contributed by atoms with Crippen LogP contribution in [0.1, 0.15) is 37.6 Å². The number of benzene rings is 2. The van der Waals surface area contributed by atoms with Crippen LogP contribution in [0.5, 0.6) is 0 Å². The molecule has 1 aromatic heterocycles. The van der Waals surface area contributed by atoms with E-state index in [1.54, 1.807) is 29.2 Å². The van der Waals surface area contributed by atoms with E-state index in [2.05, 4.69) is 5.32 Å². The van der Waals surface area contributed by atoms with Gasteiger partial charge in [-0.2, -0.15) is 13.2 Å². The highest BCUT2D eigenvalue weighted by atomic mass is 19.4. The van der Waals surface area contributed by atoms with Gasteiger partial charge >= 0.3 is 6.18 Å². The van der Waals surface area contributed by atoms with Crippen LogP contribution in [0.15, 0.2) is 65.3 Å². The minimum absolute atomic E-state index is 0.121. The van der Waals surface area contributed by atoms with Gasteiger partial charge in [-0.3, -0.25) is 9.59 Å². The number of nitrogens with zero attached hydrogens (tertiary/aromatic N) is 1. The van der Waals surface area contributed by atoms with E-state index < -0.39 is 17.6 Å². The SMILES string of the molecule is O=C(Nc1ccc2c(c1)CN(C(=O)c1ccco1)CC2)c1ccc(C(F)(F)F)cc1. The minimum Gasteiger partial charge on any atom is -0.459 e. The zero-order valence-corrected chi connectivity index (χ0v) is 15.7. The Morgan fingerprint density at radius 1 is 1.00 bits per heavy atom. The zero-order chi connectivity index (χ0) is 21.3. The van der Waals surface area contributed by atoms with Crippen molar-refractivity contribution in [3.05, 3.63) is 88.9 Å². The number of alkyl halides is 3. The lowest BCUT2D eigenvalue weighted by atomic mass is 9.98. The maximum atomic E-state index is 12.7. The Bertz CT molecular complexity index is 1070. The summed E-state index contributed by atoms with van der Waals surface area (Å²) in [7, 11) is 0. The van der Waals surface area contributed by atoms with Crippen LogP contribution in [-0.2, 0) is 19.1 Å². The van der Waals surface area contributed by atoms with Crippen LogP contribution in [0, 0.1) is 0 Å². The van der Waals surface area contributed by atoms with E-state index in [0.717, 1.165) is 35.4 Å². The number of rotatable bonds is 3. The predicted molar refractivity (Wildman–Crippen MR) is 103 cm³/mol. The van der Waals surface area contributed by atoms with Crippen LogP contribution in [0.25, 0.3) is 0 Å². The molecule has 0 atom stereocenters. The van der Waals surface area contributed by atoms with Crippen molar-refractivity contribution in [2.45, 2.75) is 19.1 Å². The van der Waals surface area contributed by atoms with Gasteiger partial charge in [0.05, 0.1) is 11.8 Å². The van der Waals surface area contributed by atoms with Gasteiger partial charge in [-0.05, 0) is 66.1 Å². The summed E-state index contributed by atoms with van der Waals surface area (Å²) in [6.07, 6.45) is -2.33. The smallest absolute Gasteiger partial charge is 0.416 e. The van der Waals surface area contributed by atoms with Crippen molar-refractivity contribution < 1.29 is 27.2 Å². The number of hydrogen-bond acceptors (Lipinski definition) is 3. The largest absolute Gasteiger partial charge is 0.459 e. The molecule has 0 unspecified atom stereocenters. The molecule has 0 radical (unpaired) electrons. The van der Waals surface area contributed by atoms with Gasteiger partial charge < -0.3 is 14.6 Å². The van der Waals surface area contributed by atoms with Gasteiger partial charge in [0.1, 0.15) is 0 Å². The molecule has 0 fully saturated rings. The first-order valence-electron chi connectivity index (χ1n) is 9.24. The van der Waals surface area contributed by atoms with E-state index >= 15 is 0 Å². The lowest BCUT2D eigenvalue weighted by Crippen LogP contribution is -2.35. The van der Waals surface area contributed by atoms with E-state index in [1.807, 2.05) is 6.07 Å². The molecule has 1 N–H and O–H groups in total. The number of hydrogen-bond donors (Lipinski definition) is 1. The second-order valence-corrected chi connectivity index (χ2v) is 6.97. The first-order chi connectivity index (χ1) is 14.3. The molecule has 154 valence electrons. The van der Waals surface area contributed by atoms with Crippen molar-refractivity contribution in [1.82, 2.24) is 4.90 Å². The third-order valence-corrected chi connectivity index (χ3v) is 4.97. The molecule has 1 aliphatic heterocycles. The van der Waals surface area contributed by atoms with Crippen molar-refractivity contribution in [2.75, 3.05) is 11.9 Å². The molecule has 0 saturated heterocycles. The van der Waals surface area contributed by atoms with Crippen molar-refractivity contribution in [3.63, 3.8) is 0 Å². The topological polar surface area (TPSA) is 62.6 Å². The lowest BCUT2D eigenvalue weighted by Gasteiger charge is -2.28. The molecule has 0 bridgehead atoms. The minimum atomic E-state index is -4.45. The Balaban J connectivity index is 1.47. The normalized spacial score (nSPS) is 13.6. The molecule has 3 aromatic rings. The van der Waals surface area contributed by atoms with Gasteiger partial charge in [0.25, 0.3) is 11.8 Å². The van der Waals surface area contributed by atoms with Gasteiger partial charge in [0.15, 0.2) is 5.76 Å². The number of carbonyl (C=O) groups excluding carboxylic acids is 2. The lowest BCUT2D eigenvalue weighted by molar-refractivity contribution is -0.137. The third kappa shape index (κ3) is 4.07. The van der Waals surface area contributed by atoms with Crippen LogP contribution in [0.3, 0.4) is 0 Å². The second-order valence-electron chi connectivity index (χ2n) is 6.97. The summed E-state index contributed by atoms with van der Waals surface area (Å²) in [5, 5.41) is 2.70. The fraction of sp³-hybridized carbons (Fsp3) is 0.182. The van der Waals surface area contributed by atoms with Crippen molar-refractivity contribution >= 4 is 17.5 Å². The summed E-state index contributed by atoms with van der Waals surface area (Å²) in [5.41, 5.74) is 1.79. The van der Waals surface area contributed by atoms with Crippen molar-refractivity contribution in [3.8, 4) is 0 Å². The number of anilines is 1. The van der Waals surface area contributed by atoms with Gasteiger partial charge in [0.2, 0.25) is 0 Å². The molecule has 2 aromatic carbocycles. The van der Waals surface area contributed by atoms with Gasteiger partial charge in [-0.1, -0.05) is 6.07 Å². The zero-order valence-electron chi connectivity index (χ0n) is 15.7. The molecule has 30 heavy (non-hydrogen) atoms. The molecule has 5 nitrogen and oxygen atoms in total. The van der Waals surface area contributed by atoms with Crippen LogP contribution in [-0.4, -0.2) is 23.3 Å². The average molecular weight is 414 g/mol. The number of nitrogens with one attached hydrogen (secondary N) is 1. The molecule has 0 saturated carbocycles. The third-order valence-electron chi connectivity index (χ3n) is 4.97. The number of carbonyl (C=O) groups is 2. The molecule has 0 spiro atoms. The number of fused-ring (bicyclic) bond motifs is 1. The second kappa shape index (κ2) is 7.70. The number of halogens is 3. The maximum Gasteiger partial charge on any atom is 0.416 e. The highest BCUT2D eigenvalue weighted by molar-refractivity contribution is 6.04. The van der Waals surface area contributed by atoms with Crippen LogP contribution >= 0.6 is 0 Å². The van der Waals surface area contributed by atoms with Crippen molar-refractivity contribution in [2.24, 2.45) is 0 Å². The molecule has 8 heteroatoms. The fourth-order valence-electron chi connectivity index (χ4n) is 3.38. The van der Waals surface area contributed by atoms with Crippen LogP contribution < -0.4 is 5.32 Å².